The molecule has 0 heterocycles. The Hall–Kier alpha value is -3.35. The molecule has 0 spiro atoms. The third-order valence-electron chi connectivity index (χ3n) is 3.65. The fourth-order valence-electron chi connectivity index (χ4n) is 2.22. The van der Waals surface area contributed by atoms with E-state index in [0.717, 1.165) is 5.56 Å². The molecule has 0 saturated carbocycles. The Morgan fingerprint density at radius 2 is 1.67 bits per heavy atom. The number of imide groups is 1. The maximum atomic E-state index is 12.3. The molecule has 1 atom stereocenters. The molecule has 0 aliphatic carbocycles. The van der Waals surface area contributed by atoms with Crippen LogP contribution in [0.1, 0.15) is 23.7 Å². The predicted octanol–water partition coefficient (Wildman–Crippen LogP) is 2.50. The van der Waals surface area contributed by atoms with Gasteiger partial charge < -0.3 is 14.8 Å². The molecule has 0 aromatic heterocycles. The van der Waals surface area contributed by atoms with Gasteiger partial charge in [0.05, 0.1) is 13.0 Å². The second-order valence-electron chi connectivity index (χ2n) is 5.76. The number of carbonyl (C=O) groups is 3. The first kappa shape index (κ1) is 20.0. The van der Waals surface area contributed by atoms with E-state index in [-0.39, 0.29) is 13.0 Å². The first-order chi connectivity index (χ1) is 13.0. The van der Waals surface area contributed by atoms with Crippen LogP contribution in [0.3, 0.4) is 0 Å². The maximum Gasteiger partial charge on any atom is 0.321 e. The Balaban J connectivity index is 1.95. The molecule has 0 saturated heterocycles. The first-order valence-electron chi connectivity index (χ1n) is 8.46. The third kappa shape index (κ3) is 6.47. The molecule has 2 aromatic carbocycles. The molecule has 0 radical (unpaired) electrons. The lowest BCUT2D eigenvalue weighted by molar-refractivity contribution is -0.156. The van der Waals surface area contributed by atoms with Gasteiger partial charge in [-0.05, 0) is 19.1 Å². The average Bonchev–Trinajstić information content (AvgIpc) is 2.68. The molecular weight excluding hydrogens is 348 g/mol. The average molecular weight is 370 g/mol. The summed E-state index contributed by atoms with van der Waals surface area (Å²) in [4.78, 5) is 35.8. The van der Waals surface area contributed by atoms with E-state index in [4.69, 9.17) is 9.47 Å². The lowest BCUT2D eigenvalue weighted by atomic mass is 10.1. The number of esters is 1. The molecule has 0 aliphatic heterocycles. The third-order valence-corrected chi connectivity index (χ3v) is 3.65. The van der Waals surface area contributed by atoms with Crippen molar-refractivity contribution in [1.82, 2.24) is 10.6 Å². The lowest BCUT2D eigenvalue weighted by Gasteiger charge is -2.17. The Kier molecular flexibility index (Phi) is 7.37. The fraction of sp³-hybridized carbons (Fsp3) is 0.250. The highest BCUT2D eigenvalue weighted by Gasteiger charge is 2.26. The van der Waals surface area contributed by atoms with Gasteiger partial charge in [-0.25, -0.2) is 4.79 Å². The van der Waals surface area contributed by atoms with Crippen molar-refractivity contribution in [3.63, 3.8) is 0 Å². The first-order valence-corrected chi connectivity index (χ1v) is 8.46. The second kappa shape index (κ2) is 9.96. The van der Waals surface area contributed by atoms with Crippen molar-refractivity contribution in [1.29, 1.82) is 0 Å². The summed E-state index contributed by atoms with van der Waals surface area (Å²) in [7, 11) is 1.38. The van der Waals surface area contributed by atoms with Crippen molar-refractivity contribution in [3.8, 4) is 5.75 Å². The number of hydrogen-bond donors (Lipinski definition) is 2. The normalized spacial score (nSPS) is 11.2. The van der Waals surface area contributed by atoms with E-state index >= 15 is 0 Å². The number of carbonyl (C=O) groups excluding carboxylic acids is 3. The van der Waals surface area contributed by atoms with Crippen molar-refractivity contribution < 1.29 is 23.9 Å². The Morgan fingerprint density at radius 3 is 2.30 bits per heavy atom. The topological polar surface area (TPSA) is 93.7 Å². The molecule has 0 fully saturated rings. The minimum absolute atomic E-state index is 0.0372. The van der Waals surface area contributed by atoms with Gasteiger partial charge in [0.2, 0.25) is 6.10 Å². The van der Waals surface area contributed by atoms with Gasteiger partial charge in [-0.1, -0.05) is 48.0 Å². The number of rotatable bonds is 7. The summed E-state index contributed by atoms with van der Waals surface area (Å²) in [6.07, 6.45) is -1.26. The molecular formula is C20H22N2O5. The number of amides is 3. The molecule has 0 unspecified atom stereocenters. The molecule has 142 valence electrons. The molecule has 0 bridgehead atoms. The smallest absolute Gasteiger partial charge is 0.321 e. The number of urea groups is 1. The van der Waals surface area contributed by atoms with E-state index in [1.807, 2.05) is 31.2 Å². The van der Waals surface area contributed by atoms with E-state index in [1.54, 1.807) is 30.3 Å². The van der Waals surface area contributed by atoms with Crippen molar-refractivity contribution in [2.24, 2.45) is 0 Å². The number of nitrogens with one attached hydrogen (secondary N) is 2. The largest absolute Gasteiger partial charge is 0.493 e. The predicted molar refractivity (Wildman–Crippen MR) is 99.2 cm³/mol. The fourth-order valence-corrected chi connectivity index (χ4v) is 2.22. The standard InChI is InChI=1S/C20H22N2O5/c1-14-8-10-16(11-9-14)26-13-12-17(23)27-18(15-6-4-3-5-7-15)19(24)22-20(25)21-2/h3-11,18H,12-13H2,1-2H3,(H2,21,22,24,25)/t18-/m0/s1. The van der Waals surface area contributed by atoms with E-state index in [1.165, 1.54) is 7.05 Å². The van der Waals surface area contributed by atoms with Crippen molar-refractivity contribution in [2.45, 2.75) is 19.4 Å². The summed E-state index contributed by atoms with van der Waals surface area (Å²) in [5, 5.41) is 4.40. The molecule has 7 nitrogen and oxygen atoms in total. The van der Waals surface area contributed by atoms with Crippen LogP contribution in [-0.4, -0.2) is 31.6 Å². The molecule has 2 aromatic rings. The Morgan fingerprint density at radius 1 is 1.00 bits per heavy atom. The van der Waals surface area contributed by atoms with Crippen LogP contribution >= 0.6 is 0 Å². The van der Waals surface area contributed by atoms with Gasteiger partial charge in [0.1, 0.15) is 5.75 Å². The summed E-state index contributed by atoms with van der Waals surface area (Å²) < 4.78 is 10.8. The zero-order valence-corrected chi connectivity index (χ0v) is 15.2. The molecule has 2 N–H and O–H groups in total. The Bertz CT molecular complexity index is 775. The van der Waals surface area contributed by atoms with Gasteiger partial charge >= 0.3 is 12.0 Å². The molecule has 27 heavy (non-hydrogen) atoms. The maximum absolute atomic E-state index is 12.3. The van der Waals surface area contributed by atoms with Gasteiger partial charge in [0, 0.05) is 12.6 Å². The van der Waals surface area contributed by atoms with Gasteiger partial charge in [-0.15, -0.1) is 0 Å². The quantitative estimate of drug-likeness (QED) is 0.731. The van der Waals surface area contributed by atoms with Crippen LogP contribution in [0.4, 0.5) is 4.79 Å². The number of aryl methyl sites for hydroxylation is 1. The minimum atomic E-state index is -1.23. The highest BCUT2D eigenvalue weighted by atomic mass is 16.6. The van der Waals surface area contributed by atoms with Crippen LogP contribution in [0.5, 0.6) is 5.75 Å². The summed E-state index contributed by atoms with van der Waals surface area (Å²) in [5.41, 5.74) is 1.57. The Labute approximate surface area is 157 Å². The zero-order valence-electron chi connectivity index (χ0n) is 15.2. The summed E-state index contributed by atoms with van der Waals surface area (Å²) in [6, 6.07) is 15.2. The van der Waals surface area contributed by atoms with Crippen molar-refractivity contribution in [3.05, 3.63) is 65.7 Å². The number of hydrogen-bond acceptors (Lipinski definition) is 5. The van der Waals surface area contributed by atoms with Gasteiger partial charge in [0.15, 0.2) is 0 Å². The van der Waals surface area contributed by atoms with Crippen molar-refractivity contribution in [2.75, 3.05) is 13.7 Å². The molecule has 7 heteroatoms. The summed E-state index contributed by atoms with van der Waals surface area (Å²) in [5.74, 6) is -0.693. The van der Waals surface area contributed by atoms with E-state index < -0.39 is 24.0 Å². The monoisotopic (exact) mass is 370 g/mol. The van der Waals surface area contributed by atoms with E-state index in [0.29, 0.717) is 11.3 Å². The van der Waals surface area contributed by atoms with Crippen molar-refractivity contribution >= 4 is 17.9 Å². The van der Waals surface area contributed by atoms with Gasteiger partial charge in [0.25, 0.3) is 5.91 Å². The second-order valence-corrected chi connectivity index (χ2v) is 5.76. The van der Waals surface area contributed by atoms with Crippen LogP contribution in [0.25, 0.3) is 0 Å². The molecule has 2 rings (SSSR count). The van der Waals surface area contributed by atoms with E-state index in [2.05, 4.69) is 10.6 Å². The summed E-state index contributed by atoms with van der Waals surface area (Å²) in [6.45, 7) is 2.08. The lowest BCUT2D eigenvalue weighted by Crippen LogP contribution is -2.41. The SMILES string of the molecule is CNC(=O)NC(=O)[C@@H](OC(=O)CCOc1ccc(C)cc1)c1ccccc1. The van der Waals surface area contributed by atoms with Gasteiger partial charge in [-0.3, -0.25) is 14.9 Å². The highest BCUT2D eigenvalue weighted by molar-refractivity contribution is 5.97. The van der Waals surface area contributed by atoms with Crippen LogP contribution in [0.2, 0.25) is 0 Å². The number of benzene rings is 2. The van der Waals surface area contributed by atoms with Crippen LogP contribution < -0.4 is 15.4 Å². The van der Waals surface area contributed by atoms with Crippen LogP contribution in [0, 0.1) is 6.92 Å². The zero-order chi connectivity index (χ0) is 19.6. The molecule has 0 aliphatic rings. The summed E-state index contributed by atoms with van der Waals surface area (Å²) >= 11 is 0. The highest BCUT2D eigenvalue weighted by Crippen LogP contribution is 2.18. The van der Waals surface area contributed by atoms with Gasteiger partial charge in [-0.2, -0.15) is 0 Å². The number of ether oxygens (including phenoxy) is 2. The van der Waals surface area contributed by atoms with Crippen LogP contribution in [0.15, 0.2) is 54.6 Å². The van der Waals surface area contributed by atoms with E-state index in [9.17, 15) is 14.4 Å². The minimum Gasteiger partial charge on any atom is -0.493 e. The van der Waals surface area contributed by atoms with Crippen LogP contribution in [-0.2, 0) is 14.3 Å². The molecule has 3 amide bonds.